The van der Waals surface area contributed by atoms with Gasteiger partial charge in [-0.1, -0.05) is 60.2 Å². The van der Waals surface area contributed by atoms with Crippen LogP contribution < -0.4 is 0 Å². The molecular formula is C14H28BO. The molecule has 0 saturated heterocycles. The summed E-state index contributed by atoms with van der Waals surface area (Å²) in [5.74, 6) is 1.24. The fourth-order valence-electron chi connectivity index (χ4n) is 1.82. The van der Waals surface area contributed by atoms with Crippen molar-refractivity contribution in [3.8, 4) is 0 Å². The standard InChI is InChI=1S/C14H28BO/c1-8-14(6,7)15-13(16)12(11(4)5)9-10(2)3/h10-12H,8-9H2,1-7H3. The second-order valence-electron chi connectivity index (χ2n) is 6.37. The van der Waals surface area contributed by atoms with E-state index in [2.05, 4.69) is 48.5 Å². The minimum atomic E-state index is 0.0429. The Kier molecular flexibility index (Phi) is 6.36. The van der Waals surface area contributed by atoms with Gasteiger partial charge in [-0.2, -0.15) is 0 Å². The molecule has 16 heavy (non-hydrogen) atoms. The Bertz CT molecular complexity index is 219. The van der Waals surface area contributed by atoms with Gasteiger partial charge in [-0.3, -0.25) is 0 Å². The summed E-state index contributed by atoms with van der Waals surface area (Å²) in [7, 11) is 1.94. The van der Waals surface area contributed by atoms with Gasteiger partial charge in [0.1, 0.15) is 0 Å². The third-order valence-electron chi connectivity index (χ3n) is 3.34. The Morgan fingerprint density at radius 3 is 2.00 bits per heavy atom. The lowest BCUT2D eigenvalue weighted by molar-refractivity contribution is -0.117. The third kappa shape index (κ3) is 5.72. The lowest BCUT2D eigenvalue weighted by Gasteiger charge is -2.26. The van der Waals surface area contributed by atoms with Crippen molar-refractivity contribution in [3.05, 3.63) is 0 Å². The van der Waals surface area contributed by atoms with Gasteiger partial charge >= 0.3 is 0 Å². The number of carbonyl (C=O) groups is 1. The fourth-order valence-corrected chi connectivity index (χ4v) is 1.82. The van der Waals surface area contributed by atoms with Crippen molar-refractivity contribution >= 4 is 13.0 Å². The number of hydrogen-bond acceptors (Lipinski definition) is 1. The molecule has 0 saturated carbocycles. The molecule has 2 heteroatoms. The van der Waals surface area contributed by atoms with Gasteiger partial charge in [-0.25, -0.2) is 0 Å². The van der Waals surface area contributed by atoms with E-state index >= 15 is 0 Å². The van der Waals surface area contributed by atoms with Gasteiger partial charge in [0, 0.05) is 5.92 Å². The van der Waals surface area contributed by atoms with E-state index in [1.54, 1.807) is 0 Å². The molecule has 0 bridgehead atoms. The van der Waals surface area contributed by atoms with E-state index in [4.69, 9.17) is 0 Å². The number of rotatable bonds is 7. The Morgan fingerprint density at radius 1 is 1.19 bits per heavy atom. The van der Waals surface area contributed by atoms with E-state index in [-0.39, 0.29) is 11.2 Å². The predicted octanol–water partition coefficient (Wildman–Crippen LogP) is 4.14. The zero-order valence-electron chi connectivity index (χ0n) is 12.1. The first kappa shape index (κ1) is 15.7. The van der Waals surface area contributed by atoms with E-state index in [9.17, 15) is 4.79 Å². The largest absolute Gasteiger partial charge is 0.312 e. The SMILES string of the molecule is CCC(C)(C)[B]C(=O)C(CC(C)C)C(C)C. The highest BCUT2D eigenvalue weighted by atomic mass is 16.1. The van der Waals surface area contributed by atoms with Crippen molar-refractivity contribution < 1.29 is 4.79 Å². The normalized spacial score (nSPS) is 14.3. The molecule has 0 N–H and O–H groups in total. The van der Waals surface area contributed by atoms with E-state index in [0.29, 0.717) is 17.5 Å². The molecule has 0 aromatic rings. The smallest absolute Gasteiger partial charge is 0.209 e. The maximum atomic E-state index is 12.2. The summed E-state index contributed by atoms with van der Waals surface area (Å²) < 4.78 is 0. The van der Waals surface area contributed by atoms with Gasteiger partial charge in [-0.15, -0.1) is 0 Å². The molecule has 0 fully saturated rings. The van der Waals surface area contributed by atoms with Crippen LogP contribution in [0.1, 0.15) is 61.3 Å². The quantitative estimate of drug-likeness (QED) is 0.592. The average Bonchev–Trinajstić information content (AvgIpc) is 2.12. The minimum absolute atomic E-state index is 0.0429. The molecule has 1 unspecified atom stereocenters. The van der Waals surface area contributed by atoms with Crippen LogP contribution in [0.3, 0.4) is 0 Å². The van der Waals surface area contributed by atoms with Crippen molar-refractivity contribution in [1.82, 2.24) is 0 Å². The van der Waals surface area contributed by atoms with E-state index in [1.165, 1.54) is 0 Å². The summed E-state index contributed by atoms with van der Waals surface area (Å²) in [6, 6.07) is 0. The lowest BCUT2D eigenvalue weighted by Crippen LogP contribution is -2.31. The molecule has 0 amide bonds. The molecule has 0 aliphatic rings. The van der Waals surface area contributed by atoms with Crippen LogP contribution in [-0.4, -0.2) is 13.0 Å². The zero-order chi connectivity index (χ0) is 12.9. The summed E-state index contributed by atoms with van der Waals surface area (Å²) in [4.78, 5) is 12.2. The molecule has 1 nitrogen and oxygen atoms in total. The van der Waals surface area contributed by atoms with Crippen LogP contribution in [0.25, 0.3) is 0 Å². The van der Waals surface area contributed by atoms with E-state index in [1.807, 2.05) is 7.28 Å². The topological polar surface area (TPSA) is 17.1 Å². The van der Waals surface area contributed by atoms with Crippen LogP contribution in [0, 0.1) is 17.8 Å². The van der Waals surface area contributed by atoms with Crippen molar-refractivity contribution in [1.29, 1.82) is 0 Å². The zero-order valence-corrected chi connectivity index (χ0v) is 12.1. The van der Waals surface area contributed by atoms with Gasteiger partial charge < -0.3 is 4.79 Å². The van der Waals surface area contributed by atoms with Crippen molar-refractivity contribution in [3.63, 3.8) is 0 Å². The Balaban J connectivity index is 4.51. The molecule has 0 aromatic carbocycles. The number of hydrogen-bond donors (Lipinski definition) is 0. The Hall–Kier alpha value is -0.265. The summed E-state index contributed by atoms with van der Waals surface area (Å²) in [6.07, 6.45) is 2.03. The van der Waals surface area contributed by atoms with Crippen LogP contribution in [0.5, 0.6) is 0 Å². The van der Waals surface area contributed by atoms with Crippen molar-refractivity contribution in [2.45, 2.75) is 66.6 Å². The molecule has 93 valence electrons. The molecule has 0 aliphatic carbocycles. The Labute approximate surface area is 103 Å². The Morgan fingerprint density at radius 2 is 1.69 bits per heavy atom. The maximum absolute atomic E-state index is 12.2. The molecule has 0 heterocycles. The highest BCUT2D eigenvalue weighted by molar-refractivity contribution is 6.76. The summed E-state index contributed by atoms with van der Waals surface area (Å²) in [5.41, 5.74) is 0.343. The van der Waals surface area contributed by atoms with Gasteiger partial charge in [0.15, 0.2) is 0 Å². The summed E-state index contributed by atoms with van der Waals surface area (Å²) >= 11 is 0. The highest BCUT2D eigenvalue weighted by Crippen LogP contribution is 2.30. The molecule has 1 atom stereocenters. The summed E-state index contributed by atoms with van der Waals surface area (Å²) in [6.45, 7) is 15.1. The minimum Gasteiger partial charge on any atom is -0.312 e. The van der Waals surface area contributed by atoms with E-state index < -0.39 is 0 Å². The lowest BCUT2D eigenvalue weighted by atomic mass is 9.47. The molecule has 0 aliphatic heterocycles. The first-order valence-corrected chi connectivity index (χ1v) is 6.59. The molecular weight excluding hydrogens is 195 g/mol. The number of carbonyl (C=O) groups excluding carboxylic acids is 1. The van der Waals surface area contributed by atoms with Gasteiger partial charge in [0.25, 0.3) is 0 Å². The van der Waals surface area contributed by atoms with Crippen LogP contribution in [0.2, 0.25) is 5.31 Å². The maximum Gasteiger partial charge on any atom is 0.209 e. The first-order valence-electron chi connectivity index (χ1n) is 6.59. The second-order valence-corrected chi connectivity index (χ2v) is 6.37. The highest BCUT2D eigenvalue weighted by Gasteiger charge is 2.29. The average molecular weight is 223 g/mol. The van der Waals surface area contributed by atoms with Crippen LogP contribution in [0.4, 0.5) is 0 Å². The second kappa shape index (κ2) is 6.47. The van der Waals surface area contributed by atoms with Crippen LogP contribution >= 0.6 is 0 Å². The van der Waals surface area contributed by atoms with Crippen molar-refractivity contribution in [2.24, 2.45) is 17.8 Å². The molecule has 0 rings (SSSR count). The van der Waals surface area contributed by atoms with Crippen LogP contribution in [0.15, 0.2) is 0 Å². The fraction of sp³-hybridized carbons (Fsp3) is 0.929. The predicted molar refractivity (Wildman–Crippen MR) is 72.9 cm³/mol. The van der Waals surface area contributed by atoms with Gasteiger partial charge in [0.05, 0.1) is 5.68 Å². The molecule has 1 radical (unpaired) electrons. The third-order valence-corrected chi connectivity index (χ3v) is 3.34. The molecule has 0 aromatic heterocycles. The van der Waals surface area contributed by atoms with Crippen molar-refractivity contribution in [2.75, 3.05) is 0 Å². The van der Waals surface area contributed by atoms with Gasteiger partial charge in [0.2, 0.25) is 7.28 Å². The van der Waals surface area contributed by atoms with Crippen LogP contribution in [-0.2, 0) is 4.79 Å². The summed E-state index contributed by atoms with van der Waals surface area (Å²) in [5, 5.41) is 0.0429. The van der Waals surface area contributed by atoms with Gasteiger partial charge in [-0.05, 0) is 18.3 Å². The molecule has 0 spiro atoms. The van der Waals surface area contributed by atoms with E-state index in [0.717, 1.165) is 12.8 Å². The monoisotopic (exact) mass is 223 g/mol. The first-order chi connectivity index (χ1) is 7.19.